The molecule has 7 aliphatic rings. The molecule has 3 N–H and O–H groups in total. The topological polar surface area (TPSA) is 174 Å². The molecule has 0 spiro atoms. The highest BCUT2D eigenvalue weighted by Crippen LogP contribution is 2.61. The summed E-state index contributed by atoms with van der Waals surface area (Å²) in [5.41, 5.74) is 2.93. The third kappa shape index (κ3) is 9.02. The standard InChI is InChI=1S/C56H69N3O11/c1-52(2,3)67-45(62)24-22-39(33-60)58-44(61)26-28-57-51(64)55-31-42-46-47(69-56(68-46,37-17-9-7-10-18-37)38-19-11-8-12-20-38)49(55)70-59(48(55)50(63)65-42)32-36-16-14-13-15-34(36)29-35-21-23-43-54(6,66-43)27-25-41-40(35)30-53(41,4)5/h7-20,29,39-43,46-49,60H,21-28,30-33H2,1-6H3,(H,57,64)(H,58,61)/t39-,40+,41+,42+,43?,46-,47-,48-,49+,54+,55-/m0/s1. The number of aliphatic hydroxyl groups is 1. The van der Waals surface area contributed by atoms with Crippen LogP contribution in [0.3, 0.4) is 0 Å². The maximum Gasteiger partial charge on any atom is 0.327 e. The van der Waals surface area contributed by atoms with Crippen LogP contribution in [0.15, 0.2) is 90.5 Å². The second kappa shape index (κ2) is 18.6. The summed E-state index contributed by atoms with van der Waals surface area (Å²) in [6, 6.07) is 25.6. The van der Waals surface area contributed by atoms with Crippen LogP contribution in [0.25, 0.3) is 6.08 Å². The number of benzene rings is 3. The van der Waals surface area contributed by atoms with E-state index < -0.39 is 77.1 Å². The lowest BCUT2D eigenvalue weighted by Gasteiger charge is -2.53. The van der Waals surface area contributed by atoms with Gasteiger partial charge in [0.1, 0.15) is 35.4 Å². The first kappa shape index (κ1) is 48.7. The van der Waals surface area contributed by atoms with E-state index in [9.17, 15) is 19.5 Å². The van der Waals surface area contributed by atoms with Crippen molar-refractivity contribution in [3.05, 3.63) is 113 Å². The molecular weight excluding hydrogens is 891 g/mol. The van der Waals surface area contributed by atoms with Crippen LogP contribution in [0.2, 0.25) is 0 Å². The van der Waals surface area contributed by atoms with Crippen LogP contribution >= 0.6 is 0 Å². The van der Waals surface area contributed by atoms with Gasteiger partial charge in [-0.2, -0.15) is 5.06 Å². The number of epoxide rings is 1. The van der Waals surface area contributed by atoms with Gasteiger partial charge in [-0.3, -0.25) is 24.0 Å². The van der Waals surface area contributed by atoms with E-state index in [1.807, 2.05) is 72.8 Å². The Morgan fingerprint density at radius 3 is 2.26 bits per heavy atom. The number of fused-ring (bicyclic) bond motifs is 6. The van der Waals surface area contributed by atoms with Crippen LogP contribution in [-0.4, -0.2) is 101 Å². The minimum atomic E-state index is -1.50. The zero-order valence-corrected chi connectivity index (χ0v) is 41.3. The molecule has 3 saturated carbocycles. The molecule has 1 unspecified atom stereocenters. The number of hydrogen-bond acceptors (Lipinski definition) is 12. The number of carbonyl (C=O) groups is 4. The number of allylic oxidation sites excluding steroid dienone is 1. The van der Waals surface area contributed by atoms with Crippen molar-refractivity contribution in [3.63, 3.8) is 0 Å². The van der Waals surface area contributed by atoms with Gasteiger partial charge in [-0.05, 0) is 94.6 Å². The zero-order chi connectivity index (χ0) is 49.2. The second-order valence-corrected chi connectivity index (χ2v) is 22.6. The van der Waals surface area contributed by atoms with Crippen LogP contribution < -0.4 is 10.6 Å². The smallest absolute Gasteiger partial charge is 0.327 e. The van der Waals surface area contributed by atoms with Crippen LogP contribution in [0.4, 0.5) is 0 Å². The Labute approximate surface area is 411 Å². The van der Waals surface area contributed by atoms with Gasteiger partial charge in [0.25, 0.3) is 0 Å². The van der Waals surface area contributed by atoms with Gasteiger partial charge in [-0.25, -0.2) is 0 Å². The number of nitrogens with one attached hydrogen (secondary N) is 2. The monoisotopic (exact) mass is 959 g/mol. The van der Waals surface area contributed by atoms with Crippen molar-refractivity contribution in [1.29, 1.82) is 0 Å². The first-order valence-electron chi connectivity index (χ1n) is 25.4. The highest BCUT2D eigenvalue weighted by atomic mass is 16.8. The molecule has 4 saturated heterocycles. The van der Waals surface area contributed by atoms with Gasteiger partial charge in [0.05, 0.1) is 30.9 Å². The van der Waals surface area contributed by atoms with Gasteiger partial charge in [0.2, 0.25) is 17.6 Å². The van der Waals surface area contributed by atoms with E-state index in [-0.39, 0.29) is 62.5 Å². The van der Waals surface area contributed by atoms with Crippen LogP contribution in [-0.2, 0) is 60.0 Å². The lowest BCUT2D eigenvalue weighted by atomic mass is 9.52. The van der Waals surface area contributed by atoms with E-state index in [1.54, 1.807) is 25.8 Å². The molecule has 14 heteroatoms. The molecule has 4 aliphatic heterocycles. The lowest BCUT2D eigenvalue weighted by Crippen LogP contribution is -2.69. The normalized spacial score (nSPS) is 33.4. The highest BCUT2D eigenvalue weighted by molar-refractivity contribution is 5.94. The molecule has 374 valence electrons. The van der Waals surface area contributed by atoms with Crippen molar-refractivity contribution in [2.75, 3.05) is 13.2 Å². The Hall–Kier alpha value is -4.96. The zero-order valence-electron chi connectivity index (χ0n) is 41.3. The Morgan fingerprint density at radius 1 is 0.886 bits per heavy atom. The summed E-state index contributed by atoms with van der Waals surface area (Å²) >= 11 is 0. The largest absolute Gasteiger partial charge is 0.460 e. The van der Waals surface area contributed by atoms with Gasteiger partial charge in [0, 0.05) is 36.9 Å². The van der Waals surface area contributed by atoms with Crippen LogP contribution in [0.1, 0.15) is 122 Å². The summed E-state index contributed by atoms with van der Waals surface area (Å²) in [6.45, 7) is 12.1. The molecule has 2 amide bonds. The molecule has 11 atom stereocenters. The molecule has 3 aliphatic carbocycles. The number of carbonyl (C=O) groups excluding carboxylic acids is 4. The van der Waals surface area contributed by atoms with Gasteiger partial charge < -0.3 is 39.4 Å². The molecule has 14 nitrogen and oxygen atoms in total. The van der Waals surface area contributed by atoms with Crippen molar-refractivity contribution < 1.29 is 52.8 Å². The third-order valence-electron chi connectivity index (χ3n) is 16.3. The summed E-state index contributed by atoms with van der Waals surface area (Å²) < 4.78 is 32.3. The van der Waals surface area contributed by atoms with Gasteiger partial charge in [-0.15, -0.1) is 0 Å². The first-order valence-corrected chi connectivity index (χ1v) is 25.4. The summed E-state index contributed by atoms with van der Waals surface area (Å²) in [4.78, 5) is 62.6. The predicted octanol–water partition coefficient (Wildman–Crippen LogP) is 7.05. The second-order valence-electron chi connectivity index (χ2n) is 22.6. The number of rotatable bonds is 14. The van der Waals surface area contributed by atoms with E-state index in [2.05, 4.69) is 49.6 Å². The van der Waals surface area contributed by atoms with E-state index in [0.29, 0.717) is 11.8 Å². The summed E-state index contributed by atoms with van der Waals surface area (Å²) in [6.07, 6.45) is 4.55. The van der Waals surface area contributed by atoms with Crippen LogP contribution in [0, 0.1) is 22.7 Å². The molecule has 70 heavy (non-hydrogen) atoms. The number of hydrogen-bond donors (Lipinski definition) is 3. The maximum atomic E-state index is 15.2. The molecule has 2 bridgehead atoms. The van der Waals surface area contributed by atoms with Gasteiger partial charge >= 0.3 is 11.9 Å². The number of nitrogens with zero attached hydrogens (tertiary/aromatic N) is 1. The van der Waals surface area contributed by atoms with E-state index in [4.69, 9.17) is 28.5 Å². The predicted molar refractivity (Wildman–Crippen MR) is 258 cm³/mol. The average molecular weight is 960 g/mol. The number of ether oxygens (including phenoxy) is 5. The summed E-state index contributed by atoms with van der Waals surface area (Å²) in [5, 5.41) is 17.5. The summed E-state index contributed by atoms with van der Waals surface area (Å²) in [7, 11) is 0. The molecule has 7 fully saturated rings. The number of esters is 2. The Balaban J connectivity index is 0.942. The summed E-state index contributed by atoms with van der Waals surface area (Å²) in [5.74, 6) is -2.28. The van der Waals surface area contributed by atoms with Crippen molar-refractivity contribution >= 4 is 29.8 Å². The average Bonchev–Trinajstić information content (AvgIpc) is 3.60. The molecule has 4 heterocycles. The fraction of sp³-hybridized carbons (Fsp3) is 0.571. The fourth-order valence-corrected chi connectivity index (χ4v) is 12.7. The van der Waals surface area contributed by atoms with Gasteiger partial charge in [-0.1, -0.05) is 110 Å². The van der Waals surface area contributed by atoms with Gasteiger partial charge in [0.15, 0.2) is 6.04 Å². The quantitative estimate of drug-likeness (QED) is 0.111. The molecule has 10 rings (SSSR count). The third-order valence-corrected chi connectivity index (χ3v) is 16.3. The Morgan fingerprint density at radius 2 is 1.57 bits per heavy atom. The maximum absolute atomic E-state index is 15.2. The molecule has 0 aromatic heterocycles. The number of hydroxylamine groups is 2. The minimum absolute atomic E-state index is 0.0129. The van der Waals surface area contributed by atoms with E-state index in [1.165, 1.54) is 5.57 Å². The first-order chi connectivity index (χ1) is 33.4. The molecule has 3 aromatic rings. The van der Waals surface area contributed by atoms with Crippen molar-refractivity contribution in [1.82, 2.24) is 15.7 Å². The minimum Gasteiger partial charge on any atom is -0.460 e. The highest BCUT2D eigenvalue weighted by Gasteiger charge is 2.76. The van der Waals surface area contributed by atoms with Crippen molar-refractivity contribution in [2.45, 2.75) is 165 Å². The number of amides is 2. The Kier molecular flexibility index (Phi) is 12.9. The SMILES string of the molecule is CC(C)(C)OC(=O)CC[C@@H](CO)NC(=O)CCNC(=O)[C@@]12C[C@H]3OC(=O)[C@@H]1N(Cc1ccccc1C=C1CCC4O[C@]4(C)CC[C@@H]4[C@@H]1CC4(C)C)O[C@@H]2[C@H]1OC(c2ccccc2)(c2ccccc2)O[C@H]13. The fourth-order valence-electron chi connectivity index (χ4n) is 12.7. The lowest BCUT2D eigenvalue weighted by molar-refractivity contribution is -0.213. The van der Waals surface area contributed by atoms with E-state index >= 15 is 4.79 Å². The van der Waals surface area contributed by atoms with Crippen molar-refractivity contribution in [3.8, 4) is 0 Å². The van der Waals surface area contributed by atoms with E-state index in [0.717, 1.165) is 54.4 Å². The van der Waals surface area contributed by atoms with Crippen molar-refractivity contribution in [2.24, 2.45) is 22.7 Å². The molecular formula is C56H69N3O11. The molecule has 0 radical (unpaired) electrons. The Bertz CT molecular complexity index is 2450. The van der Waals surface area contributed by atoms with Crippen LogP contribution in [0.5, 0.6) is 0 Å². The molecule has 3 aromatic carbocycles. The number of aliphatic hydroxyl groups excluding tert-OH is 1.